The Balaban J connectivity index is 0.00000336. The number of carbonyl (C=O) groups is 1. The van der Waals surface area contributed by atoms with Crippen molar-refractivity contribution < 1.29 is 17.9 Å². The van der Waals surface area contributed by atoms with Crippen molar-refractivity contribution in [2.24, 2.45) is 0 Å². The first kappa shape index (κ1) is 27.6. The molecule has 0 aromatic carbocycles. The molecule has 3 N–H and O–H groups in total. The zero-order valence-electron chi connectivity index (χ0n) is 20.8. The van der Waals surface area contributed by atoms with E-state index in [2.05, 4.69) is 40.3 Å². The van der Waals surface area contributed by atoms with Gasteiger partial charge in [0.05, 0.1) is 47.3 Å². The highest BCUT2D eigenvalue weighted by molar-refractivity contribution is 7.93. The molecule has 3 aromatic rings. The van der Waals surface area contributed by atoms with Gasteiger partial charge in [-0.1, -0.05) is 0 Å². The van der Waals surface area contributed by atoms with Gasteiger partial charge in [0.1, 0.15) is 5.82 Å². The number of nitrogens with zero attached hydrogens (tertiary/aromatic N) is 5. The lowest BCUT2D eigenvalue weighted by atomic mass is 9.75. The van der Waals surface area contributed by atoms with Crippen LogP contribution < -0.4 is 20.1 Å². The van der Waals surface area contributed by atoms with E-state index in [0.29, 0.717) is 68.5 Å². The molecule has 2 aliphatic rings. The molecule has 0 unspecified atom stereocenters. The van der Waals surface area contributed by atoms with Crippen molar-refractivity contribution in [2.45, 2.75) is 43.3 Å². The van der Waals surface area contributed by atoms with E-state index in [1.807, 2.05) is 6.92 Å². The number of sulfonamides is 1. The zero-order chi connectivity index (χ0) is 25.9. The minimum absolute atomic E-state index is 0. The predicted octanol–water partition coefficient (Wildman–Crippen LogP) is 2.31. The average Bonchev–Trinajstić information content (AvgIpc) is 3.77. The molecule has 0 bridgehead atoms. The lowest BCUT2D eigenvalue weighted by molar-refractivity contribution is -0.122. The number of nitrogens with one attached hydrogen (secondary N) is 3. The number of hydrogen-bond donors (Lipinski definition) is 3. The van der Waals surface area contributed by atoms with Crippen molar-refractivity contribution in [1.29, 1.82) is 0 Å². The van der Waals surface area contributed by atoms with Gasteiger partial charge in [0.2, 0.25) is 21.8 Å². The first-order valence-electron chi connectivity index (χ1n) is 12.2. The third kappa shape index (κ3) is 6.00. The molecule has 3 aromatic heterocycles. The van der Waals surface area contributed by atoms with Crippen LogP contribution in [0.5, 0.6) is 5.88 Å². The summed E-state index contributed by atoms with van der Waals surface area (Å²) in [7, 11) is -3.50. The first-order valence-corrected chi connectivity index (χ1v) is 13.7. The largest absolute Gasteiger partial charge is 0.477 e. The number of amides is 1. The van der Waals surface area contributed by atoms with Crippen molar-refractivity contribution >= 4 is 40.0 Å². The van der Waals surface area contributed by atoms with Crippen LogP contribution in [0, 0.1) is 0 Å². The molecule has 1 aliphatic heterocycles. The Labute approximate surface area is 226 Å². The number of rotatable bonds is 9. The number of pyridine rings is 1. The Morgan fingerprint density at radius 2 is 1.82 bits per heavy atom. The summed E-state index contributed by atoms with van der Waals surface area (Å²) in [4.78, 5) is 35.3. The molecule has 1 amide bonds. The topological polar surface area (TPSA) is 161 Å². The van der Waals surface area contributed by atoms with Crippen LogP contribution in [0.15, 0.2) is 43.1 Å². The molecule has 0 atom stereocenters. The summed E-state index contributed by atoms with van der Waals surface area (Å²) in [6, 6.07) is 3.49. The number of anilines is 2. The summed E-state index contributed by atoms with van der Waals surface area (Å²) in [6.07, 6.45) is 9.88. The van der Waals surface area contributed by atoms with E-state index in [1.54, 1.807) is 30.7 Å². The molecular formula is C24H29ClN8O4S. The molecule has 0 radical (unpaired) electrons. The lowest BCUT2D eigenvalue weighted by Crippen LogP contribution is -2.49. The van der Waals surface area contributed by atoms with Gasteiger partial charge in [0, 0.05) is 18.0 Å². The molecule has 4 heterocycles. The van der Waals surface area contributed by atoms with Gasteiger partial charge in [-0.3, -0.25) is 19.5 Å². The van der Waals surface area contributed by atoms with Crippen molar-refractivity contribution in [2.75, 3.05) is 29.7 Å². The quantitative estimate of drug-likeness (QED) is 0.354. The number of ether oxygens (including phenoxy) is 1. The van der Waals surface area contributed by atoms with Crippen molar-refractivity contribution in [1.82, 2.24) is 30.2 Å². The molecular weight excluding hydrogens is 532 g/mol. The summed E-state index contributed by atoms with van der Waals surface area (Å²) in [5.41, 5.74) is 0.760. The Morgan fingerprint density at radius 1 is 1.05 bits per heavy atom. The third-order valence-electron chi connectivity index (χ3n) is 6.43. The monoisotopic (exact) mass is 560 g/mol. The van der Waals surface area contributed by atoms with Crippen molar-refractivity contribution in [3.63, 3.8) is 0 Å². The number of carbonyl (C=O) groups excluding carboxylic acids is 1. The SMILES string of the molecule is CCOc1cncc(-c2ccc(NC(=O)C3(c4cncc(NS(=O)(=O)C5CC5)n4)CCNCC3)nc2)n1.Cl. The fourth-order valence-electron chi connectivity index (χ4n) is 4.27. The second kappa shape index (κ2) is 11.5. The number of aromatic nitrogens is 5. The van der Waals surface area contributed by atoms with Gasteiger partial charge in [-0.05, 0) is 57.8 Å². The Bertz CT molecular complexity index is 1380. The van der Waals surface area contributed by atoms with Crippen molar-refractivity contribution in [3.05, 3.63) is 48.8 Å². The standard InChI is InChI=1S/C24H28N8O4S.ClH/c1-2-36-22-15-26-12-18(29-22)16-3-6-20(28-11-16)31-23(33)24(7-9-25-10-8-24)19-13-27-14-21(30-19)32-37(34,35)17-4-5-17;/h3,6,11-15,17,25H,2,4-5,7-10H2,1H3,(H,30,32)(H,28,31,33);1H. The van der Waals surface area contributed by atoms with E-state index in [9.17, 15) is 13.2 Å². The molecule has 1 saturated heterocycles. The summed E-state index contributed by atoms with van der Waals surface area (Å²) >= 11 is 0. The number of hydrogen-bond acceptors (Lipinski definition) is 10. The van der Waals surface area contributed by atoms with Crippen molar-refractivity contribution in [3.8, 4) is 17.1 Å². The normalized spacial score (nSPS) is 16.7. The maximum Gasteiger partial charge on any atom is 0.237 e. The fraction of sp³-hybridized carbons (Fsp3) is 0.417. The second-order valence-electron chi connectivity index (χ2n) is 9.03. The van der Waals surface area contributed by atoms with E-state index < -0.39 is 20.7 Å². The molecule has 14 heteroatoms. The summed E-state index contributed by atoms with van der Waals surface area (Å²) in [5, 5.41) is 5.78. The van der Waals surface area contributed by atoms with E-state index in [0.717, 1.165) is 5.56 Å². The molecule has 0 spiro atoms. The molecule has 1 aliphatic carbocycles. The molecule has 202 valence electrons. The van der Waals surface area contributed by atoms with Crippen LogP contribution >= 0.6 is 12.4 Å². The Morgan fingerprint density at radius 3 is 2.50 bits per heavy atom. The minimum Gasteiger partial charge on any atom is -0.477 e. The van der Waals surface area contributed by atoms with Crippen LogP contribution in [0.1, 0.15) is 38.3 Å². The van der Waals surface area contributed by atoms with Crippen LogP contribution in [0.25, 0.3) is 11.3 Å². The highest BCUT2D eigenvalue weighted by Crippen LogP contribution is 2.35. The highest BCUT2D eigenvalue weighted by Gasteiger charge is 2.43. The molecule has 12 nitrogen and oxygen atoms in total. The van der Waals surface area contributed by atoms with Gasteiger partial charge in [-0.15, -0.1) is 12.4 Å². The maximum absolute atomic E-state index is 13.7. The van der Waals surface area contributed by atoms with Gasteiger partial charge in [0.25, 0.3) is 0 Å². The zero-order valence-corrected chi connectivity index (χ0v) is 22.4. The molecule has 1 saturated carbocycles. The first-order chi connectivity index (χ1) is 17.9. The van der Waals surface area contributed by atoms with Crippen LogP contribution in [0.4, 0.5) is 11.6 Å². The molecule has 38 heavy (non-hydrogen) atoms. The van der Waals surface area contributed by atoms with E-state index >= 15 is 0 Å². The van der Waals surface area contributed by atoms with Gasteiger partial charge in [-0.2, -0.15) is 0 Å². The summed E-state index contributed by atoms with van der Waals surface area (Å²) in [5.74, 6) is 0.643. The van der Waals surface area contributed by atoms with Gasteiger partial charge in [-0.25, -0.2) is 23.4 Å². The van der Waals surface area contributed by atoms with E-state index in [4.69, 9.17) is 4.74 Å². The highest BCUT2D eigenvalue weighted by atomic mass is 35.5. The molecule has 2 fully saturated rings. The van der Waals surface area contributed by atoms with E-state index in [1.165, 1.54) is 12.4 Å². The van der Waals surface area contributed by atoms with E-state index in [-0.39, 0.29) is 24.1 Å². The maximum atomic E-state index is 13.7. The second-order valence-corrected chi connectivity index (χ2v) is 11.0. The van der Waals surface area contributed by atoms with Gasteiger partial charge >= 0.3 is 0 Å². The Kier molecular flexibility index (Phi) is 8.38. The Hall–Kier alpha value is -3.42. The summed E-state index contributed by atoms with van der Waals surface area (Å²) in [6.45, 7) is 3.57. The third-order valence-corrected chi connectivity index (χ3v) is 8.27. The minimum atomic E-state index is -3.50. The fourth-order valence-corrected chi connectivity index (χ4v) is 5.58. The van der Waals surface area contributed by atoms with Crippen LogP contribution in [-0.4, -0.2) is 64.2 Å². The lowest BCUT2D eigenvalue weighted by Gasteiger charge is -2.35. The average molecular weight is 561 g/mol. The van der Waals surface area contributed by atoms with Crippen LogP contribution in [-0.2, 0) is 20.2 Å². The number of halogens is 1. The predicted molar refractivity (Wildman–Crippen MR) is 144 cm³/mol. The van der Waals surface area contributed by atoms with Gasteiger partial charge in [0.15, 0.2) is 5.82 Å². The smallest absolute Gasteiger partial charge is 0.237 e. The van der Waals surface area contributed by atoms with Crippen LogP contribution in [0.3, 0.4) is 0 Å². The molecule has 5 rings (SSSR count). The number of piperidine rings is 1. The van der Waals surface area contributed by atoms with Gasteiger partial charge < -0.3 is 15.4 Å². The van der Waals surface area contributed by atoms with Crippen LogP contribution in [0.2, 0.25) is 0 Å². The summed E-state index contributed by atoms with van der Waals surface area (Å²) < 4.78 is 32.7.